The van der Waals surface area contributed by atoms with Crippen LogP contribution in [0.2, 0.25) is 5.02 Å². The summed E-state index contributed by atoms with van der Waals surface area (Å²) in [5.74, 6) is 0.248. The first-order valence-electron chi connectivity index (χ1n) is 8.86. The molecule has 0 fully saturated rings. The number of rotatable bonds is 7. The van der Waals surface area contributed by atoms with E-state index in [9.17, 15) is 9.59 Å². The Bertz CT molecular complexity index is 1000. The highest BCUT2D eigenvalue weighted by Gasteiger charge is 2.24. The van der Waals surface area contributed by atoms with Gasteiger partial charge in [0, 0.05) is 17.1 Å². The van der Waals surface area contributed by atoms with Gasteiger partial charge >= 0.3 is 5.97 Å². The summed E-state index contributed by atoms with van der Waals surface area (Å²) in [6.07, 6.45) is 1.58. The van der Waals surface area contributed by atoms with Gasteiger partial charge in [0.1, 0.15) is 0 Å². The van der Waals surface area contributed by atoms with Crippen molar-refractivity contribution in [1.82, 2.24) is 5.32 Å². The first-order valence-corrected chi connectivity index (χ1v) is 9.24. The zero-order chi connectivity index (χ0) is 20.8. The van der Waals surface area contributed by atoms with Gasteiger partial charge in [-0.1, -0.05) is 23.7 Å². The molecule has 1 heterocycles. The van der Waals surface area contributed by atoms with Gasteiger partial charge in [-0.15, -0.1) is 0 Å². The molecule has 0 atom stereocenters. The van der Waals surface area contributed by atoms with E-state index < -0.39 is 5.97 Å². The number of halogens is 1. The van der Waals surface area contributed by atoms with Gasteiger partial charge in [-0.2, -0.15) is 0 Å². The molecule has 150 valence electrons. The third-order valence-corrected chi connectivity index (χ3v) is 4.15. The van der Waals surface area contributed by atoms with Crippen LogP contribution >= 0.6 is 11.6 Å². The third kappa shape index (κ3) is 5.14. The molecule has 1 aliphatic rings. The van der Waals surface area contributed by atoms with Crippen molar-refractivity contribution >= 4 is 35.5 Å². The number of carbonyl (C=O) groups is 2. The third-order valence-electron chi connectivity index (χ3n) is 3.92. The number of likely N-dealkylation sites (N-methyl/N-ethyl adjacent to an activating group) is 1. The summed E-state index contributed by atoms with van der Waals surface area (Å²) in [6.45, 7) is 2.24. The van der Waals surface area contributed by atoms with E-state index in [-0.39, 0.29) is 24.1 Å². The lowest BCUT2D eigenvalue weighted by atomic mass is 10.1. The summed E-state index contributed by atoms with van der Waals surface area (Å²) < 4.78 is 16.0. The lowest BCUT2D eigenvalue weighted by Crippen LogP contribution is -2.28. The lowest BCUT2D eigenvalue weighted by molar-refractivity contribution is -0.130. The monoisotopic (exact) mass is 414 g/mol. The number of benzene rings is 2. The van der Waals surface area contributed by atoms with Crippen LogP contribution in [0.4, 0.5) is 0 Å². The number of amides is 1. The summed E-state index contributed by atoms with van der Waals surface area (Å²) in [7, 11) is 1.49. The van der Waals surface area contributed by atoms with Crippen molar-refractivity contribution in [2.75, 3.05) is 20.3 Å². The Balaban J connectivity index is 1.80. The zero-order valence-corrected chi connectivity index (χ0v) is 16.7. The fourth-order valence-electron chi connectivity index (χ4n) is 2.60. The number of aliphatic imine (C=N–C) groups is 1. The molecule has 2 aromatic carbocycles. The average Bonchev–Trinajstić information content (AvgIpc) is 3.07. The molecule has 0 saturated heterocycles. The first kappa shape index (κ1) is 20.4. The van der Waals surface area contributed by atoms with Crippen LogP contribution in [-0.2, 0) is 14.3 Å². The van der Waals surface area contributed by atoms with Crippen LogP contribution in [0.5, 0.6) is 11.5 Å². The number of nitrogens with zero attached hydrogens (tertiary/aromatic N) is 1. The van der Waals surface area contributed by atoms with Crippen LogP contribution in [0.3, 0.4) is 0 Å². The molecular weight excluding hydrogens is 396 g/mol. The highest BCUT2D eigenvalue weighted by molar-refractivity contribution is 6.31. The molecule has 0 spiro atoms. The molecule has 1 amide bonds. The topological polar surface area (TPSA) is 86.2 Å². The van der Waals surface area contributed by atoms with Crippen LogP contribution in [0, 0.1) is 0 Å². The van der Waals surface area contributed by atoms with Crippen LogP contribution in [-0.4, -0.2) is 38.0 Å². The van der Waals surface area contributed by atoms with E-state index in [1.54, 1.807) is 48.5 Å². The molecule has 0 radical (unpaired) electrons. The molecular formula is C21H19ClN2O5. The Kier molecular flexibility index (Phi) is 6.51. The van der Waals surface area contributed by atoms with E-state index in [0.717, 1.165) is 0 Å². The van der Waals surface area contributed by atoms with Crippen molar-refractivity contribution in [2.24, 2.45) is 4.99 Å². The number of carbonyl (C=O) groups excluding carboxylic acids is 2. The molecule has 3 rings (SSSR count). The van der Waals surface area contributed by atoms with E-state index in [0.29, 0.717) is 34.2 Å². The van der Waals surface area contributed by atoms with Gasteiger partial charge in [0.2, 0.25) is 5.90 Å². The number of ether oxygens (including phenoxy) is 3. The van der Waals surface area contributed by atoms with Crippen molar-refractivity contribution in [3.05, 3.63) is 64.3 Å². The smallest absolute Gasteiger partial charge is 0.363 e. The molecule has 0 bridgehead atoms. The fourth-order valence-corrected chi connectivity index (χ4v) is 2.79. The van der Waals surface area contributed by atoms with Crippen LogP contribution in [0.15, 0.2) is 53.2 Å². The van der Waals surface area contributed by atoms with Crippen molar-refractivity contribution in [2.45, 2.75) is 6.92 Å². The van der Waals surface area contributed by atoms with Crippen LogP contribution < -0.4 is 14.8 Å². The average molecular weight is 415 g/mol. The van der Waals surface area contributed by atoms with Gasteiger partial charge in [-0.05, 0) is 48.9 Å². The van der Waals surface area contributed by atoms with Crippen molar-refractivity contribution in [3.8, 4) is 11.5 Å². The van der Waals surface area contributed by atoms with Gasteiger partial charge in [0.05, 0.1) is 7.11 Å². The minimum absolute atomic E-state index is 0.121. The minimum atomic E-state index is -0.560. The summed E-state index contributed by atoms with van der Waals surface area (Å²) in [5.41, 5.74) is 1.43. The number of hydrogen-bond acceptors (Lipinski definition) is 6. The molecule has 8 heteroatoms. The van der Waals surface area contributed by atoms with Crippen molar-refractivity contribution < 1.29 is 23.8 Å². The molecule has 1 aliphatic heterocycles. The van der Waals surface area contributed by atoms with Gasteiger partial charge in [-0.3, -0.25) is 4.79 Å². The maximum Gasteiger partial charge on any atom is 0.363 e. The molecule has 0 saturated carbocycles. The van der Waals surface area contributed by atoms with Gasteiger partial charge in [-0.25, -0.2) is 9.79 Å². The molecule has 1 N–H and O–H groups in total. The quantitative estimate of drug-likeness (QED) is 0.555. The molecule has 2 aromatic rings. The second kappa shape index (κ2) is 9.25. The van der Waals surface area contributed by atoms with E-state index in [1.807, 2.05) is 6.92 Å². The van der Waals surface area contributed by atoms with Gasteiger partial charge in [0.15, 0.2) is 23.8 Å². The second-order valence-corrected chi connectivity index (χ2v) is 6.44. The van der Waals surface area contributed by atoms with E-state index in [2.05, 4.69) is 10.3 Å². The van der Waals surface area contributed by atoms with E-state index >= 15 is 0 Å². The summed E-state index contributed by atoms with van der Waals surface area (Å²) in [4.78, 5) is 28.0. The largest absolute Gasteiger partial charge is 0.493 e. The fraction of sp³-hybridized carbons (Fsp3) is 0.190. The maximum atomic E-state index is 12.2. The summed E-state index contributed by atoms with van der Waals surface area (Å²) in [5, 5.41) is 3.17. The van der Waals surface area contributed by atoms with Crippen molar-refractivity contribution in [1.29, 1.82) is 0 Å². The number of nitrogens with one attached hydrogen (secondary N) is 1. The summed E-state index contributed by atoms with van der Waals surface area (Å²) in [6, 6.07) is 12.0. The van der Waals surface area contributed by atoms with Gasteiger partial charge in [0.25, 0.3) is 5.91 Å². The molecule has 0 aliphatic carbocycles. The van der Waals surface area contributed by atoms with E-state index in [4.69, 9.17) is 25.8 Å². The highest BCUT2D eigenvalue weighted by Crippen LogP contribution is 2.30. The predicted octanol–water partition coefficient (Wildman–Crippen LogP) is 3.21. The number of methoxy groups -OCH3 is 1. The Morgan fingerprint density at radius 2 is 2.07 bits per heavy atom. The lowest BCUT2D eigenvalue weighted by Gasteiger charge is -2.11. The SMILES string of the molecule is CCNC(=O)COc1ccc(/C=C2/N=C(c3cccc(Cl)c3)OC2=O)cc1OC. The molecule has 0 aromatic heterocycles. The molecule has 29 heavy (non-hydrogen) atoms. The Morgan fingerprint density at radius 3 is 2.79 bits per heavy atom. The Labute approximate surface area is 172 Å². The maximum absolute atomic E-state index is 12.2. The number of cyclic esters (lactones) is 1. The summed E-state index contributed by atoms with van der Waals surface area (Å²) >= 11 is 5.98. The predicted molar refractivity (Wildman–Crippen MR) is 109 cm³/mol. The first-order chi connectivity index (χ1) is 14.0. The zero-order valence-electron chi connectivity index (χ0n) is 15.9. The van der Waals surface area contributed by atoms with E-state index in [1.165, 1.54) is 7.11 Å². The Morgan fingerprint density at radius 1 is 1.24 bits per heavy atom. The molecule has 7 nitrogen and oxygen atoms in total. The highest BCUT2D eigenvalue weighted by atomic mass is 35.5. The molecule has 0 unspecified atom stereocenters. The number of esters is 1. The standard InChI is InChI=1S/C21H19ClN2O5/c1-3-23-19(25)12-28-17-8-7-13(10-18(17)27-2)9-16-21(26)29-20(24-16)14-5-4-6-15(22)11-14/h4-11H,3,12H2,1-2H3,(H,23,25)/b16-9+. The number of hydrogen-bond donors (Lipinski definition) is 1. The van der Waals surface area contributed by atoms with Crippen LogP contribution in [0.25, 0.3) is 6.08 Å². The van der Waals surface area contributed by atoms with Gasteiger partial charge < -0.3 is 19.5 Å². The van der Waals surface area contributed by atoms with Crippen molar-refractivity contribution in [3.63, 3.8) is 0 Å². The normalized spacial score (nSPS) is 14.4. The van der Waals surface area contributed by atoms with Crippen LogP contribution in [0.1, 0.15) is 18.1 Å². The minimum Gasteiger partial charge on any atom is -0.493 e. The Hall–Kier alpha value is -3.32. The second-order valence-electron chi connectivity index (χ2n) is 6.00.